The van der Waals surface area contributed by atoms with Gasteiger partial charge in [-0.1, -0.05) is 60.2 Å². The lowest BCUT2D eigenvalue weighted by Crippen LogP contribution is -2.51. The third kappa shape index (κ3) is 7.60. The summed E-state index contributed by atoms with van der Waals surface area (Å²) >= 11 is 0. The quantitative estimate of drug-likeness (QED) is 0.175. The maximum absolute atomic E-state index is 13.8. The van der Waals surface area contributed by atoms with Gasteiger partial charge in [0.2, 0.25) is 0 Å². The molecule has 0 saturated carbocycles. The third-order valence-electron chi connectivity index (χ3n) is 6.82. The van der Waals surface area contributed by atoms with Gasteiger partial charge in [0.1, 0.15) is 11.8 Å². The molecule has 4 aromatic rings. The number of ether oxygens (including phenoxy) is 1. The molecule has 4 rings (SSSR count). The van der Waals surface area contributed by atoms with Gasteiger partial charge in [0.15, 0.2) is 5.78 Å². The van der Waals surface area contributed by atoms with E-state index >= 15 is 0 Å². The normalized spacial score (nSPS) is 11.3. The molecule has 0 aliphatic carbocycles. The summed E-state index contributed by atoms with van der Waals surface area (Å²) in [7, 11) is 1.60. The van der Waals surface area contributed by atoms with Crippen LogP contribution in [0.1, 0.15) is 45.7 Å². The molecular formula is C34H35N3O4. The highest BCUT2D eigenvalue weighted by molar-refractivity contribution is 5.98. The van der Waals surface area contributed by atoms with Crippen molar-refractivity contribution in [3.05, 3.63) is 119 Å². The summed E-state index contributed by atoms with van der Waals surface area (Å²) in [5.41, 5.74) is 8.78. The summed E-state index contributed by atoms with van der Waals surface area (Å²) in [4.78, 5) is 38.9. The van der Waals surface area contributed by atoms with E-state index in [0.717, 1.165) is 27.9 Å². The first-order chi connectivity index (χ1) is 19.8. The Hall–Kier alpha value is -4.91. The monoisotopic (exact) mass is 549 g/mol. The number of likely N-dealkylation sites (N-methyl/N-ethyl adjacent to an activating group) is 1. The van der Waals surface area contributed by atoms with Crippen LogP contribution >= 0.6 is 0 Å². The Bertz CT molecular complexity index is 1510. The predicted octanol–water partition coefficient (Wildman–Crippen LogP) is 6.09. The number of carbonyl (C=O) groups excluding carboxylic acids is 3. The maximum atomic E-state index is 13.8. The van der Waals surface area contributed by atoms with Crippen molar-refractivity contribution in [1.82, 2.24) is 10.3 Å². The number of aryl methyl sites for hydroxylation is 1. The summed E-state index contributed by atoms with van der Waals surface area (Å²) in [5.74, 6) is 0.148. The highest BCUT2D eigenvalue weighted by Crippen LogP contribution is 2.22. The average molecular weight is 550 g/mol. The third-order valence-corrected chi connectivity index (χ3v) is 6.82. The van der Waals surface area contributed by atoms with Crippen LogP contribution in [0.25, 0.3) is 11.1 Å². The largest absolute Gasteiger partial charge is 0.497 e. The molecule has 0 aromatic heterocycles. The first kappa shape index (κ1) is 29.1. The minimum Gasteiger partial charge on any atom is -0.497 e. The molecule has 0 fully saturated rings. The lowest BCUT2D eigenvalue weighted by Gasteiger charge is -2.28. The van der Waals surface area contributed by atoms with Crippen molar-refractivity contribution in [2.24, 2.45) is 0 Å². The number of nitrogens with zero attached hydrogens (tertiary/aromatic N) is 1. The Labute approximate surface area is 241 Å². The van der Waals surface area contributed by atoms with Crippen molar-refractivity contribution in [3.8, 4) is 16.9 Å². The van der Waals surface area contributed by atoms with Crippen LogP contribution in [0.2, 0.25) is 0 Å². The van der Waals surface area contributed by atoms with E-state index in [1.165, 1.54) is 5.01 Å². The zero-order valence-electron chi connectivity index (χ0n) is 23.8. The number of ketones is 1. The van der Waals surface area contributed by atoms with Crippen molar-refractivity contribution >= 4 is 23.3 Å². The van der Waals surface area contributed by atoms with E-state index in [4.69, 9.17) is 4.74 Å². The van der Waals surface area contributed by atoms with Crippen molar-refractivity contribution in [2.75, 3.05) is 19.1 Å². The van der Waals surface area contributed by atoms with Gasteiger partial charge < -0.3 is 10.1 Å². The Morgan fingerprint density at radius 2 is 1.51 bits per heavy atom. The number of nitrogens with one attached hydrogen (secondary N) is 2. The fourth-order valence-corrected chi connectivity index (χ4v) is 4.51. The van der Waals surface area contributed by atoms with Crippen molar-refractivity contribution in [2.45, 2.75) is 33.2 Å². The van der Waals surface area contributed by atoms with Crippen LogP contribution in [-0.2, 0) is 11.2 Å². The smallest absolute Gasteiger partial charge is 0.263 e. The van der Waals surface area contributed by atoms with E-state index < -0.39 is 6.04 Å². The van der Waals surface area contributed by atoms with Crippen LogP contribution in [-0.4, -0.2) is 42.3 Å². The molecular weight excluding hydrogens is 514 g/mol. The Morgan fingerprint density at radius 1 is 0.829 bits per heavy atom. The number of hydrazine groups is 1. The van der Waals surface area contributed by atoms with E-state index in [1.54, 1.807) is 32.2 Å². The molecule has 1 unspecified atom stereocenters. The first-order valence-corrected chi connectivity index (χ1v) is 13.6. The molecule has 0 aliphatic heterocycles. The summed E-state index contributed by atoms with van der Waals surface area (Å²) in [6, 6.07) is 29.1. The standard InChI is InChI=1S/C34H35N3O4/c1-5-37(36-30-16-18-31(41-4)19-17-30)34(40)32(35-33(39)29-11-6-8-23(2)20-29)21-25-12-14-26(15-13-25)28-10-7-9-27(22-28)24(3)38/h6-20,22,32,36H,5,21H2,1-4H3,(H,35,39). The van der Waals surface area contributed by atoms with E-state index in [1.807, 2.05) is 92.7 Å². The van der Waals surface area contributed by atoms with Gasteiger partial charge in [-0.05, 0) is 79.9 Å². The predicted molar refractivity (Wildman–Crippen MR) is 162 cm³/mol. The summed E-state index contributed by atoms with van der Waals surface area (Å²) in [6.45, 7) is 5.73. The van der Waals surface area contributed by atoms with Crippen LogP contribution in [0, 0.1) is 6.92 Å². The maximum Gasteiger partial charge on any atom is 0.263 e. The van der Waals surface area contributed by atoms with Gasteiger partial charge in [0, 0.05) is 24.1 Å². The molecule has 2 N–H and O–H groups in total. The highest BCUT2D eigenvalue weighted by Gasteiger charge is 2.26. The second-order valence-electron chi connectivity index (χ2n) is 9.86. The zero-order chi connectivity index (χ0) is 29.4. The number of anilines is 1. The molecule has 0 radical (unpaired) electrons. The van der Waals surface area contributed by atoms with Crippen LogP contribution < -0.4 is 15.5 Å². The van der Waals surface area contributed by atoms with E-state index in [2.05, 4.69) is 10.7 Å². The second-order valence-corrected chi connectivity index (χ2v) is 9.86. The van der Waals surface area contributed by atoms with Gasteiger partial charge in [0.25, 0.3) is 11.8 Å². The number of carbonyl (C=O) groups is 3. The van der Waals surface area contributed by atoms with Gasteiger partial charge >= 0.3 is 0 Å². The number of amides is 2. The van der Waals surface area contributed by atoms with Crippen LogP contribution in [0.15, 0.2) is 97.1 Å². The Kier molecular flexibility index (Phi) is 9.53. The van der Waals surface area contributed by atoms with Gasteiger partial charge in [-0.15, -0.1) is 0 Å². The summed E-state index contributed by atoms with van der Waals surface area (Å²) in [5, 5.41) is 4.47. The minimum absolute atomic E-state index is 0.0119. The van der Waals surface area contributed by atoms with Crippen molar-refractivity contribution < 1.29 is 19.1 Å². The molecule has 0 spiro atoms. The second kappa shape index (κ2) is 13.4. The highest BCUT2D eigenvalue weighted by atomic mass is 16.5. The molecule has 0 heterocycles. The van der Waals surface area contributed by atoms with Crippen LogP contribution in [0.4, 0.5) is 5.69 Å². The van der Waals surface area contributed by atoms with E-state index in [0.29, 0.717) is 29.8 Å². The number of benzene rings is 4. The van der Waals surface area contributed by atoms with Crippen molar-refractivity contribution in [1.29, 1.82) is 0 Å². The fraction of sp³-hybridized carbons (Fsp3) is 0.206. The lowest BCUT2D eigenvalue weighted by atomic mass is 9.98. The molecule has 0 aliphatic rings. The molecule has 7 heteroatoms. The topological polar surface area (TPSA) is 87.7 Å². The van der Waals surface area contributed by atoms with E-state index in [9.17, 15) is 14.4 Å². The number of hydrogen-bond donors (Lipinski definition) is 2. The lowest BCUT2D eigenvalue weighted by molar-refractivity contribution is -0.131. The van der Waals surface area contributed by atoms with Gasteiger partial charge in [-0.25, -0.2) is 0 Å². The molecule has 0 bridgehead atoms. The fourth-order valence-electron chi connectivity index (χ4n) is 4.51. The molecule has 1 atom stereocenters. The number of methoxy groups -OCH3 is 1. The van der Waals surface area contributed by atoms with Crippen LogP contribution in [0.5, 0.6) is 5.75 Å². The molecule has 2 amide bonds. The molecule has 4 aromatic carbocycles. The number of rotatable bonds is 11. The van der Waals surface area contributed by atoms with Gasteiger partial charge in [0.05, 0.1) is 12.8 Å². The van der Waals surface area contributed by atoms with Crippen molar-refractivity contribution in [3.63, 3.8) is 0 Å². The Morgan fingerprint density at radius 3 is 2.15 bits per heavy atom. The SMILES string of the molecule is CCN(Nc1ccc(OC)cc1)C(=O)C(Cc1ccc(-c2cccc(C(C)=O)c2)cc1)NC(=O)c1cccc(C)c1. The molecule has 210 valence electrons. The molecule has 7 nitrogen and oxygen atoms in total. The zero-order valence-corrected chi connectivity index (χ0v) is 23.8. The summed E-state index contributed by atoms with van der Waals surface area (Å²) in [6.07, 6.45) is 0.297. The average Bonchev–Trinajstić information content (AvgIpc) is 3.00. The van der Waals surface area contributed by atoms with Gasteiger partial charge in [-0.3, -0.25) is 24.8 Å². The minimum atomic E-state index is -0.819. The molecule has 41 heavy (non-hydrogen) atoms. The first-order valence-electron chi connectivity index (χ1n) is 13.6. The van der Waals surface area contributed by atoms with Gasteiger partial charge in [-0.2, -0.15) is 0 Å². The Balaban J connectivity index is 1.57. The number of hydrogen-bond acceptors (Lipinski definition) is 5. The van der Waals surface area contributed by atoms with Crippen LogP contribution in [0.3, 0.4) is 0 Å². The number of Topliss-reactive ketones (excluding diaryl/α,β-unsaturated/α-hetero) is 1. The van der Waals surface area contributed by atoms with E-state index in [-0.39, 0.29) is 17.6 Å². The molecule has 0 saturated heterocycles. The summed E-state index contributed by atoms with van der Waals surface area (Å²) < 4.78 is 5.23.